The van der Waals surface area contributed by atoms with E-state index in [-0.39, 0.29) is 23.8 Å². The molecule has 0 aliphatic carbocycles. The van der Waals surface area contributed by atoms with Crippen molar-refractivity contribution >= 4 is 22.4 Å². The quantitative estimate of drug-likeness (QED) is 0.0907. The van der Waals surface area contributed by atoms with Crippen molar-refractivity contribution in [3.8, 4) is 17.2 Å². The van der Waals surface area contributed by atoms with Crippen LogP contribution >= 0.6 is 0 Å². The van der Waals surface area contributed by atoms with Gasteiger partial charge in [0.2, 0.25) is 0 Å². The van der Waals surface area contributed by atoms with Gasteiger partial charge in [-0.25, -0.2) is 0 Å². The number of nitrogens with two attached hydrogens (primary N) is 1. The molecule has 0 saturated heterocycles. The largest absolute Gasteiger partial charge is 0.506 e. The van der Waals surface area contributed by atoms with Crippen LogP contribution in [0, 0.1) is 0 Å². The Kier molecular flexibility index (Phi) is 14.7. The van der Waals surface area contributed by atoms with E-state index in [1.165, 1.54) is 57.8 Å². The number of benzene rings is 3. The Balaban J connectivity index is 1.35. The molecule has 0 fully saturated rings. The van der Waals surface area contributed by atoms with E-state index in [2.05, 4.69) is 12.2 Å². The SMILES string of the molecule is CCCCCCCCCCCCOCCCNC(=O)c1cc(OCCOc2ccc(N)cc2)c2ccccc2c1O. The van der Waals surface area contributed by atoms with Gasteiger partial charge in [-0.15, -0.1) is 0 Å². The van der Waals surface area contributed by atoms with Crippen LogP contribution in [0.5, 0.6) is 17.2 Å². The van der Waals surface area contributed by atoms with Gasteiger partial charge in [0, 0.05) is 36.2 Å². The van der Waals surface area contributed by atoms with Gasteiger partial charge in [-0.1, -0.05) is 89.0 Å². The predicted octanol–water partition coefficient (Wildman–Crippen LogP) is 7.64. The maximum atomic E-state index is 12.9. The molecule has 3 aromatic carbocycles. The lowest BCUT2D eigenvalue weighted by Gasteiger charge is -2.15. The number of fused-ring (bicyclic) bond motifs is 1. The highest BCUT2D eigenvalue weighted by atomic mass is 16.5. The number of aromatic hydroxyl groups is 1. The summed E-state index contributed by atoms with van der Waals surface area (Å²) in [6.45, 7) is 4.68. The molecule has 41 heavy (non-hydrogen) atoms. The molecule has 0 radical (unpaired) electrons. The number of carbonyl (C=O) groups excluding carboxylic acids is 1. The monoisotopic (exact) mass is 564 g/mol. The first kappa shape index (κ1) is 32.1. The summed E-state index contributed by atoms with van der Waals surface area (Å²) in [6, 6.07) is 16.1. The number of nitrogen functional groups attached to an aromatic ring is 1. The Morgan fingerprint density at radius 2 is 1.37 bits per heavy atom. The van der Waals surface area contributed by atoms with E-state index in [0.29, 0.717) is 48.8 Å². The molecule has 0 atom stereocenters. The van der Waals surface area contributed by atoms with Crippen molar-refractivity contribution < 1.29 is 24.1 Å². The number of ether oxygens (including phenoxy) is 3. The number of hydrogen-bond donors (Lipinski definition) is 3. The Morgan fingerprint density at radius 1 is 0.756 bits per heavy atom. The molecule has 0 bridgehead atoms. The molecule has 0 aliphatic rings. The molecular weight excluding hydrogens is 516 g/mol. The van der Waals surface area contributed by atoms with Crippen LogP contribution in [0.2, 0.25) is 0 Å². The summed E-state index contributed by atoms with van der Waals surface area (Å²) >= 11 is 0. The fraction of sp³-hybridized carbons (Fsp3) is 0.500. The van der Waals surface area contributed by atoms with Crippen molar-refractivity contribution in [3.05, 3.63) is 60.2 Å². The third-order valence-electron chi connectivity index (χ3n) is 7.11. The number of rotatable bonds is 21. The van der Waals surface area contributed by atoms with Crippen LogP contribution in [-0.4, -0.2) is 44.0 Å². The van der Waals surface area contributed by atoms with Gasteiger partial charge >= 0.3 is 0 Å². The number of phenols is 1. The minimum absolute atomic E-state index is 0.0548. The highest BCUT2D eigenvalue weighted by Gasteiger charge is 2.17. The first-order valence-electron chi connectivity index (χ1n) is 15.3. The van der Waals surface area contributed by atoms with Crippen molar-refractivity contribution in [2.75, 3.05) is 38.7 Å². The second kappa shape index (κ2) is 18.8. The lowest BCUT2D eigenvalue weighted by atomic mass is 10.0. The van der Waals surface area contributed by atoms with Gasteiger partial charge in [-0.2, -0.15) is 0 Å². The number of phenolic OH excluding ortho intramolecular Hbond substituents is 1. The summed E-state index contributed by atoms with van der Waals surface area (Å²) in [7, 11) is 0. The number of unbranched alkanes of at least 4 members (excludes halogenated alkanes) is 9. The summed E-state index contributed by atoms with van der Waals surface area (Å²) in [5, 5.41) is 15.0. The van der Waals surface area contributed by atoms with Gasteiger partial charge in [0.15, 0.2) is 0 Å². The molecule has 7 nitrogen and oxygen atoms in total. The maximum absolute atomic E-state index is 12.9. The first-order valence-corrected chi connectivity index (χ1v) is 15.3. The number of nitrogens with one attached hydrogen (secondary N) is 1. The van der Waals surface area contributed by atoms with Gasteiger partial charge in [0.25, 0.3) is 5.91 Å². The molecular formula is C34H48N2O5. The zero-order valence-electron chi connectivity index (χ0n) is 24.7. The van der Waals surface area contributed by atoms with Crippen LogP contribution in [0.4, 0.5) is 5.69 Å². The molecule has 3 rings (SSSR count). The van der Waals surface area contributed by atoms with E-state index < -0.39 is 0 Å². The van der Waals surface area contributed by atoms with Gasteiger partial charge in [-0.05, 0) is 43.2 Å². The van der Waals surface area contributed by atoms with Crippen LogP contribution in [0.15, 0.2) is 54.6 Å². The minimum atomic E-state index is -0.342. The summed E-state index contributed by atoms with van der Waals surface area (Å²) in [5.41, 5.74) is 6.57. The fourth-order valence-corrected chi connectivity index (χ4v) is 4.76. The molecule has 0 heterocycles. The average molecular weight is 565 g/mol. The highest BCUT2D eigenvalue weighted by molar-refractivity contribution is 6.05. The summed E-state index contributed by atoms with van der Waals surface area (Å²) < 4.78 is 17.4. The summed E-state index contributed by atoms with van der Waals surface area (Å²) in [6.07, 6.45) is 13.8. The van der Waals surface area contributed by atoms with Crippen LogP contribution in [0.25, 0.3) is 10.8 Å². The van der Waals surface area contributed by atoms with E-state index in [4.69, 9.17) is 19.9 Å². The van der Waals surface area contributed by atoms with Crippen molar-refractivity contribution in [3.63, 3.8) is 0 Å². The van der Waals surface area contributed by atoms with Gasteiger partial charge in [-0.3, -0.25) is 4.79 Å². The smallest absolute Gasteiger partial charge is 0.255 e. The topological polar surface area (TPSA) is 103 Å². The predicted molar refractivity (Wildman–Crippen MR) is 167 cm³/mol. The molecule has 0 aliphatic heterocycles. The molecule has 0 saturated carbocycles. The van der Waals surface area contributed by atoms with Gasteiger partial charge in [0.1, 0.15) is 30.5 Å². The lowest BCUT2D eigenvalue weighted by Crippen LogP contribution is -2.25. The molecule has 0 aromatic heterocycles. The number of amides is 1. The standard InChI is InChI=1S/C34H48N2O5/c1-2-3-4-5-6-7-8-9-10-13-22-39-23-14-21-36-34(38)31-26-32(29-15-11-12-16-30(29)33(31)37)41-25-24-40-28-19-17-27(35)18-20-28/h11-12,15-20,26,37H,2-10,13-14,21-25,35H2,1H3,(H,36,38). The molecule has 4 N–H and O–H groups in total. The Morgan fingerprint density at radius 3 is 2.07 bits per heavy atom. The van der Waals surface area contributed by atoms with Crippen LogP contribution in [-0.2, 0) is 4.74 Å². The van der Waals surface area contributed by atoms with Crippen LogP contribution in [0.3, 0.4) is 0 Å². The summed E-state index contributed by atoms with van der Waals surface area (Å²) in [5.74, 6) is 0.821. The maximum Gasteiger partial charge on any atom is 0.255 e. The van der Waals surface area contributed by atoms with Crippen molar-refractivity contribution in [1.82, 2.24) is 5.32 Å². The summed E-state index contributed by atoms with van der Waals surface area (Å²) in [4.78, 5) is 12.9. The molecule has 1 amide bonds. The van der Waals surface area contributed by atoms with E-state index in [1.807, 2.05) is 18.2 Å². The van der Waals surface area contributed by atoms with Gasteiger partial charge in [0.05, 0.1) is 5.56 Å². The zero-order chi connectivity index (χ0) is 29.1. The van der Waals surface area contributed by atoms with Crippen LogP contribution in [0.1, 0.15) is 87.9 Å². The zero-order valence-corrected chi connectivity index (χ0v) is 24.7. The van der Waals surface area contributed by atoms with E-state index in [1.54, 1.807) is 36.4 Å². The lowest BCUT2D eigenvalue weighted by molar-refractivity contribution is 0.0937. The third-order valence-corrected chi connectivity index (χ3v) is 7.11. The Labute approximate surface area is 245 Å². The van der Waals surface area contributed by atoms with Crippen molar-refractivity contribution in [2.45, 2.75) is 77.6 Å². The van der Waals surface area contributed by atoms with Crippen molar-refractivity contribution in [2.24, 2.45) is 0 Å². The van der Waals surface area contributed by atoms with Crippen molar-refractivity contribution in [1.29, 1.82) is 0 Å². The molecule has 7 heteroatoms. The van der Waals surface area contributed by atoms with E-state index in [9.17, 15) is 9.90 Å². The Bertz CT molecular complexity index is 1170. The average Bonchev–Trinajstić information content (AvgIpc) is 2.99. The van der Waals surface area contributed by atoms with E-state index >= 15 is 0 Å². The molecule has 0 unspecified atom stereocenters. The van der Waals surface area contributed by atoms with E-state index in [0.717, 1.165) is 18.4 Å². The van der Waals surface area contributed by atoms with Gasteiger partial charge < -0.3 is 30.4 Å². The number of anilines is 1. The fourth-order valence-electron chi connectivity index (χ4n) is 4.76. The highest BCUT2D eigenvalue weighted by Crippen LogP contribution is 2.36. The number of hydrogen-bond acceptors (Lipinski definition) is 6. The van der Waals surface area contributed by atoms with Crippen LogP contribution < -0.4 is 20.5 Å². The third kappa shape index (κ3) is 11.5. The molecule has 224 valence electrons. The first-order chi connectivity index (χ1) is 20.1. The second-order valence-electron chi connectivity index (χ2n) is 10.5. The second-order valence-corrected chi connectivity index (χ2v) is 10.5. The molecule has 0 spiro atoms. The Hall–Kier alpha value is -3.45. The molecule has 3 aromatic rings. The minimum Gasteiger partial charge on any atom is -0.506 e. The number of carbonyl (C=O) groups is 1. The normalized spacial score (nSPS) is 11.0.